The van der Waals surface area contributed by atoms with Gasteiger partial charge in [0.2, 0.25) is 0 Å². The second-order valence-corrected chi connectivity index (χ2v) is 8.35. The molecule has 0 bridgehead atoms. The molecule has 2 heterocycles. The Morgan fingerprint density at radius 2 is 1.84 bits per heavy atom. The average Bonchev–Trinajstić information content (AvgIpc) is 3.26. The molecule has 6 nitrogen and oxygen atoms in total. The SMILES string of the molecule is CNCCOc1ccc(-c2cc(N3C=C(CN(C)C)CC3)c3ccc(OC)cc3n2)cc1. The van der Waals surface area contributed by atoms with Gasteiger partial charge in [0.15, 0.2) is 0 Å². The number of hydrogen-bond donors (Lipinski definition) is 1. The zero-order chi connectivity index (χ0) is 22.5. The Hall–Kier alpha value is -3.09. The monoisotopic (exact) mass is 432 g/mol. The van der Waals surface area contributed by atoms with Crippen molar-refractivity contribution in [3.05, 3.63) is 60.3 Å². The fourth-order valence-corrected chi connectivity index (χ4v) is 4.02. The minimum absolute atomic E-state index is 0.643. The normalized spacial score (nSPS) is 13.7. The van der Waals surface area contributed by atoms with Gasteiger partial charge in [0, 0.05) is 42.9 Å². The molecule has 2 aromatic carbocycles. The fourth-order valence-electron chi connectivity index (χ4n) is 4.02. The van der Waals surface area contributed by atoms with Gasteiger partial charge in [0.25, 0.3) is 0 Å². The topological polar surface area (TPSA) is 49.9 Å². The van der Waals surface area contributed by atoms with Gasteiger partial charge >= 0.3 is 0 Å². The molecular weight excluding hydrogens is 400 g/mol. The molecule has 4 rings (SSSR count). The lowest BCUT2D eigenvalue weighted by Crippen LogP contribution is -2.15. The fraction of sp³-hybridized carbons (Fsp3) is 0.346. The van der Waals surface area contributed by atoms with Crippen molar-refractivity contribution in [1.82, 2.24) is 15.2 Å². The van der Waals surface area contributed by atoms with Crippen molar-refractivity contribution in [3.63, 3.8) is 0 Å². The highest BCUT2D eigenvalue weighted by molar-refractivity contribution is 5.95. The minimum Gasteiger partial charge on any atom is -0.497 e. The van der Waals surface area contributed by atoms with Gasteiger partial charge in [-0.15, -0.1) is 0 Å². The van der Waals surface area contributed by atoms with Crippen LogP contribution in [0.5, 0.6) is 11.5 Å². The number of methoxy groups -OCH3 is 1. The van der Waals surface area contributed by atoms with Crippen LogP contribution in [0, 0.1) is 0 Å². The summed E-state index contributed by atoms with van der Waals surface area (Å²) in [6.45, 7) is 3.42. The van der Waals surface area contributed by atoms with Crippen LogP contribution >= 0.6 is 0 Å². The van der Waals surface area contributed by atoms with Gasteiger partial charge in [-0.3, -0.25) is 0 Å². The van der Waals surface area contributed by atoms with Crippen molar-refractivity contribution in [2.75, 3.05) is 59.4 Å². The summed E-state index contributed by atoms with van der Waals surface area (Å²) in [6, 6.07) is 16.5. The smallest absolute Gasteiger partial charge is 0.121 e. The standard InChI is InChI=1S/C26H32N4O2/c1-27-12-14-32-21-7-5-20(6-8-21)24-16-26(30-13-11-19(18-30)17-29(2)3)23-10-9-22(31-4)15-25(23)28-24/h5-10,15-16,18,27H,11-14,17H2,1-4H3. The lowest BCUT2D eigenvalue weighted by atomic mass is 10.1. The van der Waals surface area contributed by atoms with E-state index < -0.39 is 0 Å². The van der Waals surface area contributed by atoms with Crippen LogP contribution < -0.4 is 19.7 Å². The number of likely N-dealkylation sites (N-methyl/N-ethyl adjacent to an activating group) is 2. The number of hydrogen-bond acceptors (Lipinski definition) is 6. The van der Waals surface area contributed by atoms with E-state index in [1.165, 1.54) is 11.3 Å². The summed E-state index contributed by atoms with van der Waals surface area (Å²) in [7, 11) is 7.84. The first-order valence-electron chi connectivity index (χ1n) is 11.0. The van der Waals surface area contributed by atoms with Gasteiger partial charge < -0.3 is 24.6 Å². The Balaban J connectivity index is 1.71. The Morgan fingerprint density at radius 3 is 2.56 bits per heavy atom. The van der Waals surface area contributed by atoms with E-state index in [9.17, 15) is 0 Å². The van der Waals surface area contributed by atoms with Crippen LogP contribution in [0.2, 0.25) is 0 Å². The van der Waals surface area contributed by atoms with Crippen LogP contribution in [-0.4, -0.2) is 64.4 Å². The van der Waals surface area contributed by atoms with Crippen LogP contribution in [0.1, 0.15) is 6.42 Å². The third-order valence-electron chi connectivity index (χ3n) is 5.61. The lowest BCUT2D eigenvalue weighted by molar-refractivity contribution is 0.318. The summed E-state index contributed by atoms with van der Waals surface area (Å²) in [4.78, 5) is 9.55. The number of ether oxygens (including phenoxy) is 2. The first-order valence-corrected chi connectivity index (χ1v) is 11.0. The molecular formula is C26H32N4O2. The average molecular weight is 433 g/mol. The molecule has 1 aliphatic heterocycles. The van der Waals surface area contributed by atoms with Crippen LogP contribution in [-0.2, 0) is 0 Å². The van der Waals surface area contributed by atoms with E-state index in [2.05, 4.69) is 59.7 Å². The molecule has 0 atom stereocenters. The second kappa shape index (κ2) is 10.0. The van der Waals surface area contributed by atoms with E-state index >= 15 is 0 Å². The first-order chi connectivity index (χ1) is 15.6. The van der Waals surface area contributed by atoms with E-state index in [-0.39, 0.29) is 0 Å². The number of nitrogens with zero attached hydrogens (tertiary/aromatic N) is 3. The Bertz CT molecular complexity index is 1090. The number of fused-ring (bicyclic) bond motifs is 1. The number of nitrogens with one attached hydrogen (secondary N) is 1. The largest absolute Gasteiger partial charge is 0.497 e. The van der Waals surface area contributed by atoms with Gasteiger partial charge in [-0.25, -0.2) is 4.98 Å². The van der Waals surface area contributed by atoms with Gasteiger partial charge in [0.1, 0.15) is 18.1 Å². The maximum absolute atomic E-state index is 5.77. The van der Waals surface area contributed by atoms with Gasteiger partial charge in [-0.05, 0) is 75.6 Å². The number of anilines is 1. The molecule has 0 saturated heterocycles. The van der Waals surface area contributed by atoms with Crippen molar-refractivity contribution >= 4 is 16.6 Å². The van der Waals surface area contributed by atoms with Crippen molar-refractivity contribution in [3.8, 4) is 22.8 Å². The van der Waals surface area contributed by atoms with Crippen LogP contribution in [0.3, 0.4) is 0 Å². The zero-order valence-corrected chi connectivity index (χ0v) is 19.4. The van der Waals surface area contributed by atoms with Crippen molar-refractivity contribution in [1.29, 1.82) is 0 Å². The van der Waals surface area contributed by atoms with Gasteiger partial charge in [-0.2, -0.15) is 0 Å². The maximum atomic E-state index is 5.77. The highest BCUT2D eigenvalue weighted by Gasteiger charge is 2.19. The van der Waals surface area contributed by atoms with Crippen LogP contribution in [0.4, 0.5) is 5.69 Å². The molecule has 3 aromatic rings. The molecule has 0 unspecified atom stereocenters. The van der Waals surface area contributed by atoms with Gasteiger partial charge in [-0.1, -0.05) is 0 Å². The molecule has 0 saturated carbocycles. The third kappa shape index (κ3) is 5.03. The van der Waals surface area contributed by atoms with Crippen molar-refractivity contribution < 1.29 is 9.47 Å². The summed E-state index contributed by atoms with van der Waals surface area (Å²) < 4.78 is 11.2. The molecule has 1 aromatic heterocycles. The molecule has 1 aliphatic rings. The summed E-state index contributed by atoms with van der Waals surface area (Å²) in [5.74, 6) is 1.68. The van der Waals surface area contributed by atoms with Crippen LogP contribution in [0.25, 0.3) is 22.2 Å². The lowest BCUT2D eigenvalue weighted by Gasteiger charge is -2.19. The minimum atomic E-state index is 0.643. The predicted molar refractivity (Wildman–Crippen MR) is 132 cm³/mol. The zero-order valence-electron chi connectivity index (χ0n) is 19.4. The highest BCUT2D eigenvalue weighted by atomic mass is 16.5. The van der Waals surface area contributed by atoms with E-state index in [4.69, 9.17) is 14.5 Å². The van der Waals surface area contributed by atoms with E-state index in [0.717, 1.165) is 59.7 Å². The Morgan fingerprint density at radius 1 is 1.06 bits per heavy atom. The number of aromatic nitrogens is 1. The van der Waals surface area contributed by atoms with E-state index in [0.29, 0.717) is 6.61 Å². The summed E-state index contributed by atoms with van der Waals surface area (Å²) in [5, 5.41) is 4.22. The molecule has 1 N–H and O–H groups in total. The maximum Gasteiger partial charge on any atom is 0.121 e. The summed E-state index contributed by atoms with van der Waals surface area (Å²) in [5.41, 5.74) is 5.56. The predicted octanol–water partition coefficient (Wildman–Crippen LogP) is 4.16. The molecule has 32 heavy (non-hydrogen) atoms. The highest BCUT2D eigenvalue weighted by Crippen LogP contribution is 2.35. The first kappa shape index (κ1) is 22.1. The second-order valence-electron chi connectivity index (χ2n) is 8.35. The Labute approximate surface area is 190 Å². The van der Waals surface area contributed by atoms with Crippen molar-refractivity contribution in [2.45, 2.75) is 6.42 Å². The Kier molecular flexibility index (Phi) is 6.93. The van der Waals surface area contributed by atoms with Gasteiger partial charge in [0.05, 0.1) is 24.0 Å². The molecule has 6 heteroatoms. The third-order valence-corrected chi connectivity index (χ3v) is 5.61. The van der Waals surface area contributed by atoms with E-state index in [1.54, 1.807) is 7.11 Å². The summed E-state index contributed by atoms with van der Waals surface area (Å²) >= 11 is 0. The number of rotatable bonds is 9. The molecule has 0 spiro atoms. The van der Waals surface area contributed by atoms with E-state index in [1.807, 2.05) is 31.3 Å². The molecule has 0 fully saturated rings. The molecule has 0 aliphatic carbocycles. The summed E-state index contributed by atoms with van der Waals surface area (Å²) in [6.07, 6.45) is 3.37. The van der Waals surface area contributed by atoms with Crippen molar-refractivity contribution in [2.24, 2.45) is 0 Å². The van der Waals surface area contributed by atoms with Crippen LogP contribution in [0.15, 0.2) is 60.3 Å². The quantitative estimate of drug-likeness (QED) is 0.513. The molecule has 0 amide bonds. The molecule has 168 valence electrons. The molecule has 0 radical (unpaired) electrons. The number of pyridine rings is 1. The number of benzene rings is 2.